The van der Waals surface area contributed by atoms with E-state index in [1.165, 1.54) is 5.56 Å². The standard InChI is InChI=1S/C14H21NO3/c1-10(11-5-3-2-4-6-11)7-15-8-12(16)14(18)13(17)9-15/h2-6,10,12-14,16-18H,7-9H2,1H3/t10-,12?,13?,14?/m1/s1. The van der Waals surface area contributed by atoms with Crippen LogP contribution in [0.3, 0.4) is 0 Å². The molecule has 1 aromatic rings. The Hall–Kier alpha value is -0.940. The number of benzene rings is 1. The molecule has 2 unspecified atom stereocenters. The van der Waals surface area contributed by atoms with Gasteiger partial charge in [-0.2, -0.15) is 0 Å². The van der Waals surface area contributed by atoms with Gasteiger partial charge in [-0.05, 0) is 11.5 Å². The molecule has 0 aliphatic carbocycles. The smallest absolute Gasteiger partial charge is 0.108 e. The second kappa shape index (κ2) is 5.80. The fraction of sp³-hybridized carbons (Fsp3) is 0.571. The van der Waals surface area contributed by atoms with Crippen molar-refractivity contribution in [1.29, 1.82) is 0 Å². The van der Waals surface area contributed by atoms with E-state index in [1.807, 2.05) is 23.1 Å². The van der Waals surface area contributed by atoms with Crippen molar-refractivity contribution in [3.8, 4) is 0 Å². The molecule has 1 saturated heterocycles. The van der Waals surface area contributed by atoms with Gasteiger partial charge in [-0.15, -0.1) is 0 Å². The van der Waals surface area contributed by atoms with Crippen LogP contribution in [0.15, 0.2) is 30.3 Å². The van der Waals surface area contributed by atoms with E-state index in [9.17, 15) is 15.3 Å². The molecule has 1 aromatic carbocycles. The Bertz CT molecular complexity index is 359. The molecule has 18 heavy (non-hydrogen) atoms. The minimum Gasteiger partial charge on any atom is -0.389 e. The van der Waals surface area contributed by atoms with Crippen molar-refractivity contribution >= 4 is 0 Å². The summed E-state index contributed by atoms with van der Waals surface area (Å²) in [6, 6.07) is 10.2. The van der Waals surface area contributed by atoms with Crippen molar-refractivity contribution < 1.29 is 15.3 Å². The number of nitrogens with zero attached hydrogens (tertiary/aromatic N) is 1. The molecular weight excluding hydrogens is 230 g/mol. The fourth-order valence-corrected chi connectivity index (χ4v) is 2.50. The number of aliphatic hydroxyl groups is 3. The van der Waals surface area contributed by atoms with Gasteiger partial charge in [-0.1, -0.05) is 37.3 Å². The molecule has 3 atom stereocenters. The van der Waals surface area contributed by atoms with Crippen molar-refractivity contribution in [1.82, 2.24) is 4.90 Å². The lowest BCUT2D eigenvalue weighted by Crippen LogP contribution is -2.55. The zero-order valence-electron chi connectivity index (χ0n) is 10.6. The zero-order valence-corrected chi connectivity index (χ0v) is 10.6. The Balaban J connectivity index is 1.94. The first-order valence-electron chi connectivity index (χ1n) is 6.39. The maximum absolute atomic E-state index is 9.65. The molecule has 0 aromatic heterocycles. The molecule has 1 aliphatic rings. The second-order valence-corrected chi connectivity index (χ2v) is 5.16. The second-order valence-electron chi connectivity index (χ2n) is 5.16. The molecule has 3 N–H and O–H groups in total. The molecular formula is C14H21NO3. The van der Waals surface area contributed by atoms with Crippen LogP contribution in [0, 0.1) is 0 Å². The minimum absolute atomic E-state index is 0.334. The lowest BCUT2D eigenvalue weighted by Gasteiger charge is -2.38. The van der Waals surface area contributed by atoms with Crippen molar-refractivity contribution in [2.75, 3.05) is 19.6 Å². The van der Waals surface area contributed by atoms with Crippen LogP contribution in [0.5, 0.6) is 0 Å². The number of piperidine rings is 1. The molecule has 0 saturated carbocycles. The molecule has 2 rings (SSSR count). The molecule has 0 radical (unpaired) electrons. The van der Waals surface area contributed by atoms with Crippen molar-refractivity contribution in [3.63, 3.8) is 0 Å². The van der Waals surface area contributed by atoms with Gasteiger partial charge < -0.3 is 15.3 Å². The first-order chi connectivity index (χ1) is 8.58. The van der Waals surface area contributed by atoms with Crippen LogP contribution >= 0.6 is 0 Å². The third-order valence-corrected chi connectivity index (χ3v) is 3.58. The Kier molecular flexibility index (Phi) is 4.35. The predicted octanol–water partition coefficient (Wildman–Crippen LogP) is 0.188. The van der Waals surface area contributed by atoms with Crippen LogP contribution in [0.2, 0.25) is 0 Å². The number of hydrogen-bond donors (Lipinski definition) is 3. The van der Waals surface area contributed by atoms with Crippen LogP contribution in [0.1, 0.15) is 18.4 Å². The van der Waals surface area contributed by atoms with Gasteiger partial charge in [-0.25, -0.2) is 0 Å². The average Bonchev–Trinajstić information content (AvgIpc) is 2.37. The zero-order chi connectivity index (χ0) is 13.1. The summed E-state index contributed by atoms with van der Waals surface area (Å²) in [5, 5.41) is 28.8. The molecule has 100 valence electrons. The van der Waals surface area contributed by atoms with Crippen LogP contribution in [0.25, 0.3) is 0 Å². The van der Waals surface area contributed by atoms with Gasteiger partial charge >= 0.3 is 0 Å². The molecule has 4 nitrogen and oxygen atoms in total. The van der Waals surface area contributed by atoms with Gasteiger partial charge in [0.25, 0.3) is 0 Å². The lowest BCUT2D eigenvalue weighted by molar-refractivity contribution is -0.110. The van der Waals surface area contributed by atoms with Gasteiger partial charge in [-0.3, -0.25) is 4.90 Å². The summed E-state index contributed by atoms with van der Waals surface area (Å²) in [6.45, 7) is 3.72. The topological polar surface area (TPSA) is 63.9 Å². The summed E-state index contributed by atoms with van der Waals surface area (Å²) in [6.07, 6.45) is -2.75. The molecule has 1 aliphatic heterocycles. The number of β-amino-alcohol motifs (C(OH)–C–C–N with tert-alkyl or cyclic N) is 2. The van der Waals surface area contributed by atoms with Gasteiger partial charge in [0.1, 0.15) is 6.10 Å². The predicted molar refractivity (Wildman–Crippen MR) is 69.3 cm³/mol. The maximum atomic E-state index is 9.65. The first kappa shape index (κ1) is 13.5. The highest BCUT2D eigenvalue weighted by Crippen LogP contribution is 2.19. The third-order valence-electron chi connectivity index (χ3n) is 3.58. The highest BCUT2D eigenvalue weighted by molar-refractivity contribution is 5.19. The van der Waals surface area contributed by atoms with Crippen LogP contribution in [0.4, 0.5) is 0 Å². The summed E-state index contributed by atoms with van der Waals surface area (Å²) in [5.41, 5.74) is 1.24. The van der Waals surface area contributed by atoms with Gasteiger partial charge in [0.2, 0.25) is 0 Å². The first-order valence-corrected chi connectivity index (χ1v) is 6.39. The molecule has 1 heterocycles. The van der Waals surface area contributed by atoms with E-state index in [1.54, 1.807) is 0 Å². The summed E-state index contributed by atoms with van der Waals surface area (Å²) in [7, 11) is 0. The Morgan fingerprint density at radius 3 is 2.22 bits per heavy atom. The SMILES string of the molecule is C[C@H](CN1CC(O)C(O)C(O)C1)c1ccccc1. The fourth-order valence-electron chi connectivity index (χ4n) is 2.50. The van der Waals surface area contributed by atoms with Crippen molar-refractivity contribution in [2.45, 2.75) is 31.2 Å². The summed E-state index contributed by atoms with van der Waals surface area (Å²) in [4.78, 5) is 2.00. The Morgan fingerprint density at radius 2 is 1.67 bits per heavy atom. The largest absolute Gasteiger partial charge is 0.389 e. The van der Waals surface area contributed by atoms with E-state index in [4.69, 9.17) is 0 Å². The average molecular weight is 251 g/mol. The molecule has 0 amide bonds. The molecule has 1 fully saturated rings. The van der Waals surface area contributed by atoms with E-state index in [-0.39, 0.29) is 0 Å². The van der Waals surface area contributed by atoms with E-state index >= 15 is 0 Å². The third kappa shape index (κ3) is 3.09. The normalized spacial score (nSPS) is 31.2. The Labute approximate surface area is 107 Å². The van der Waals surface area contributed by atoms with Crippen LogP contribution in [-0.2, 0) is 0 Å². The summed E-state index contributed by atoms with van der Waals surface area (Å²) < 4.78 is 0. The van der Waals surface area contributed by atoms with Gasteiger partial charge in [0.05, 0.1) is 12.2 Å². The quantitative estimate of drug-likeness (QED) is 0.717. The number of likely N-dealkylation sites (tertiary alicyclic amines) is 1. The number of rotatable bonds is 3. The minimum atomic E-state index is -1.02. The maximum Gasteiger partial charge on any atom is 0.108 e. The van der Waals surface area contributed by atoms with Gasteiger partial charge in [0.15, 0.2) is 0 Å². The molecule has 0 bridgehead atoms. The van der Waals surface area contributed by atoms with E-state index < -0.39 is 18.3 Å². The molecule has 0 spiro atoms. The van der Waals surface area contributed by atoms with E-state index in [0.29, 0.717) is 19.0 Å². The molecule has 4 heteroatoms. The van der Waals surface area contributed by atoms with Crippen molar-refractivity contribution in [3.05, 3.63) is 35.9 Å². The Morgan fingerprint density at radius 1 is 1.11 bits per heavy atom. The van der Waals surface area contributed by atoms with Crippen molar-refractivity contribution in [2.24, 2.45) is 0 Å². The number of aliphatic hydroxyl groups excluding tert-OH is 3. The summed E-state index contributed by atoms with van der Waals surface area (Å²) in [5.74, 6) is 0.334. The highest BCUT2D eigenvalue weighted by atomic mass is 16.4. The van der Waals surface area contributed by atoms with Gasteiger partial charge in [0, 0.05) is 19.6 Å². The highest BCUT2D eigenvalue weighted by Gasteiger charge is 2.33. The number of hydrogen-bond acceptors (Lipinski definition) is 4. The van der Waals surface area contributed by atoms with Crippen LogP contribution < -0.4 is 0 Å². The lowest BCUT2D eigenvalue weighted by atomic mass is 9.97. The van der Waals surface area contributed by atoms with E-state index in [0.717, 1.165) is 6.54 Å². The monoisotopic (exact) mass is 251 g/mol. The van der Waals surface area contributed by atoms with E-state index in [2.05, 4.69) is 19.1 Å². The summed E-state index contributed by atoms with van der Waals surface area (Å²) >= 11 is 0. The van der Waals surface area contributed by atoms with Crippen LogP contribution in [-0.4, -0.2) is 58.2 Å².